The Morgan fingerprint density at radius 2 is 1.79 bits per heavy atom. The minimum Gasteiger partial charge on any atom is -0.471 e. The molecule has 0 aromatic carbocycles. The van der Waals surface area contributed by atoms with Crippen molar-refractivity contribution in [1.82, 2.24) is 0 Å². The predicted octanol–water partition coefficient (Wildman–Crippen LogP) is -3.50. The number of carboxylic acids is 1. The van der Waals surface area contributed by atoms with E-state index in [1.807, 2.05) is 0 Å². The first kappa shape index (κ1) is 12.8. The van der Waals surface area contributed by atoms with E-state index in [0.717, 1.165) is 0 Å². The van der Waals surface area contributed by atoms with Gasteiger partial charge in [-0.2, -0.15) is 0 Å². The van der Waals surface area contributed by atoms with Crippen LogP contribution in [-0.2, 0) is 0 Å². The third-order valence-corrected chi connectivity index (χ3v) is 0.843. The van der Waals surface area contributed by atoms with Gasteiger partial charge in [-0.1, -0.05) is 0 Å². The summed E-state index contributed by atoms with van der Waals surface area (Å²) in [5, 5.41) is 8.29. The maximum Gasteiger partial charge on any atom is 0.436 e. The number of carbonyl (C=O) groups is 1. The van der Waals surface area contributed by atoms with Crippen molar-refractivity contribution in [3.05, 3.63) is 30.2 Å². The molecule has 1 aromatic rings. The second-order valence-electron chi connectivity index (χ2n) is 1.85. The topological polar surface area (TPSA) is 141 Å². The highest BCUT2D eigenvalue weighted by Gasteiger charge is 2.13. The van der Waals surface area contributed by atoms with E-state index in [2.05, 4.69) is 4.42 Å². The van der Waals surface area contributed by atoms with Crippen LogP contribution in [0.4, 0.5) is 0 Å². The molecule has 1 heterocycles. The van der Waals surface area contributed by atoms with Crippen molar-refractivity contribution in [2.75, 3.05) is 0 Å². The third kappa shape index (κ3) is 8.84. The fourth-order valence-corrected chi connectivity index (χ4v) is 0.462. The molecule has 0 bridgehead atoms. The molecule has 0 aliphatic heterocycles. The number of halogens is 1. The van der Waals surface area contributed by atoms with Crippen molar-refractivity contribution in [3.63, 3.8) is 0 Å². The zero-order chi connectivity index (χ0) is 11.2. The van der Waals surface area contributed by atoms with Crippen molar-refractivity contribution in [1.29, 1.82) is 0 Å². The summed E-state index contributed by atoms with van der Waals surface area (Å²) in [5.41, 5.74) is 0. The SMILES string of the molecule is O=C(O)c1cccc[o+]1.[O-][Cl+3]([O-])([O-])[O-]. The molecular formula is C6H5ClO7. The first-order chi connectivity index (χ1) is 6.30. The molecule has 0 aliphatic rings. The Labute approximate surface area is 80.2 Å². The molecule has 0 unspecified atom stereocenters. The van der Waals surface area contributed by atoms with Crippen LogP contribution in [0.5, 0.6) is 0 Å². The smallest absolute Gasteiger partial charge is 0.436 e. The molecule has 78 valence electrons. The van der Waals surface area contributed by atoms with Gasteiger partial charge in [-0.3, -0.25) is 0 Å². The van der Waals surface area contributed by atoms with Crippen LogP contribution >= 0.6 is 0 Å². The number of hydrogen-bond acceptors (Lipinski definition) is 5. The predicted molar refractivity (Wildman–Crippen MR) is 30.1 cm³/mol. The van der Waals surface area contributed by atoms with E-state index in [-0.39, 0.29) is 5.76 Å². The number of rotatable bonds is 1. The Hall–Kier alpha value is -1.25. The van der Waals surface area contributed by atoms with E-state index < -0.39 is 16.2 Å². The maximum atomic E-state index is 10.1. The first-order valence-electron chi connectivity index (χ1n) is 3.02. The van der Waals surface area contributed by atoms with Gasteiger partial charge in [-0.15, -0.1) is 10.2 Å². The molecule has 0 aliphatic carbocycles. The Bertz CT molecular complexity index is 274. The Morgan fingerprint density at radius 3 is 2.00 bits per heavy atom. The van der Waals surface area contributed by atoms with Crippen LogP contribution in [0.2, 0.25) is 0 Å². The van der Waals surface area contributed by atoms with Gasteiger partial charge in [0.15, 0.2) is 0 Å². The van der Waals surface area contributed by atoms with Crippen LogP contribution in [0.25, 0.3) is 0 Å². The lowest BCUT2D eigenvalue weighted by atomic mass is 10.4. The molecule has 0 amide bonds. The molecule has 0 radical (unpaired) electrons. The van der Waals surface area contributed by atoms with Gasteiger partial charge in [-0.05, 0) is 6.07 Å². The van der Waals surface area contributed by atoms with E-state index in [1.165, 1.54) is 12.3 Å². The number of hydrogen-bond donors (Lipinski definition) is 1. The lowest BCUT2D eigenvalue weighted by Crippen LogP contribution is -2.68. The van der Waals surface area contributed by atoms with E-state index in [9.17, 15) is 4.79 Å². The molecule has 0 spiro atoms. The van der Waals surface area contributed by atoms with Gasteiger partial charge in [0.1, 0.15) is 0 Å². The Morgan fingerprint density at radius 1 is 1.29 bits per heavy atom. The van der Waals surface area contributed by atoms with E-state index in [1.54, 1.807) is 12.1 Å². The van der Waals surface area contributed by atoms with Crippen molar-refractivity contribution < 1.29 is 43.2 Å². The van der Waals surface area contributed by atoms with Gasteiger partial charge in [0.2, 0.25) is 0 Å². The lowest BCUT2D eigenvalue weighted by molar-refractivity contribution is -2.00. The molecule has 0 saturated carbocycles. The maximum absolute atomic E-state index is 10.1. The molecule has 0 fully saturated rings. The molecular weight excluding hydrogens is 220 g/mol. The van der Waals surface area contributed by atoms with Crippen LogP contribution in [0.15, 0.2) is 28.9 Å². The molecule has 1 aromatic heterocycles. The number of aromatic carboxylic acids is 1. The van der Waals surface area contributed by atoms with Crippen LogP contribution in [0.1, 0.15) is 10.6 Å². The fourth-order valence-electron chi connectivity index (χ4n) is 0.462. The summed E-state index contributed by atoms with van der Waals surface area (Å²) < 4.78 is 38.6. The van der Waals surface area contributed by atoms with Crippen molar-refractivity contribution >= 4 is 5.97 Å². The fraction of sp³-hybridized carbons (Fsp3) is 0. The molecule has 7 nitrogen and oxygen atoms in total. The minimum atomic E-state index is -4.94. The average molecular weight is 225 g/mol. The van der Waals surface area contributed by atoms with Gasteiger partial charge in [-0.25, -0.2) is 27.8 Å². The quantitative estimate of drug-likeness (QED) is 0.488. The monoisotopic (exact) mass is 224 g/mol. The summed E-state index contributed by atoms with van der Waals surface area (Å²) in [5.74, 6) is -1.09. The second kappa shape index (κ2) is 5.47. The van der Waals surface area contributed by atoms with E-state index in [4.69, 9.17) is 23.7 Å². The molecule has 1 rings (SSSR count). The largest absolute Gasteiger partial charge is 0.471 e. The Kier molecular flexibility index (Phi) is 4.99. The second-order valence-corrected chi connectivity index (χ2v) is 2.61. The lowest BCUT2D eigenvalue weighted by Gasteiger charge is -2.17. The van der Waals surface area contributed by atoms with Crippen LogP contribution in [0, 0.1) is 10.2 Å². The normalized spacial score (nSPS) is 10.0. The van der Waals surface area contributed by atoms with E-state index in [0.29, 0.717) is 0 Å². The van der Waals surface area contributed by atoms with Crippen LogP contribution < -0.4 is 18.6 Å². The highest BCUT2D eigenvalue weighted by molar-refractivity contribution is 5.83. The summed E-state index contributed by atoms with van der Waals surface area (Å²) in [4.78, 5) is 10.1. The first-order valence-corrected chi connectivity index (χ1v) is 4.26. The summed E-state index contributed by atoms with van der Waals surface area (Å²) in [6.07, 6.45) is 1.32. The molecule has 0 saturated heterocycles. The van der Waals surface area contributed by atoms with Gasteiger partial charge in [0, 0.05) is 6.07 Å². The molecule has 0 atom stereocenters. The highest BCUT2D eigenvalue weighted by Crippen LogP contribution is 1.96. The van der Waals surface area contributed by atoms with Crippen LogP contribution in [-0.4, -0.2) is 11.1 Å². The summed E-state index contributed by atoms with van der Waals surface area (Å²) >= 11 is 0. The van der Waals surface area contributed by atoms with Gasteiger partial charge in [0.05, 0.1) is 6.07 Å². The molecule has 8 heteroatoms. The standard InChI is InChI=1S/C6H4O3.ClHO4/c7-6(8)5-3-1-2-4-9-5;2-1(3,4)5/h1-4H;(H,2,3,4,5). The van der Waals surface area contributed by atoms with Gasteiger partial charge < -0.3 is 5.11 Å². The summed E-state index contributed by atoms with van der Waals surface area (Å²) in [6.45, 7) is 0. The highest BCUT2D eigenvalue weighted by atomic mass is 35.7. The van der Waals surface area contributed by atoms with Crippen molar-refractivity contribution in [3.8, 4) is 0 Å². The Balaban J connectivity index is 0.000000292. The third-order valence-electron chi connectivity index (χ3n) is 0.843. The van der Waals surface area contributed by atoms with Crippen LogP contribution in [0.3, 0.4) is 0 Å². The zero-order valence-electron chi connectivity index (χ0n) is 6.58. The average Bonchev–Trinajstić information content (AvgIpc) is 2.03. The zero-order valence-corrected chi connectivity index (χ0v) is 7.34. The molecule has 1 N–H and O–H groups in total. The van der Waals surface area contributed by atoms with Crippen molar-refractivity contribution in [2.24, 2.45) is 0 Å². The van der Waals surface area contributed by atoms with Gasteiger partial charge in [0.25, 0.3) is 0 Å². The van der Waals surface area contributed by atoms with E-state index >= 15 is 0 Å². The minimum absolute atomic E-state index is 0.0440. The summed E-state index contributed by atoms with van der Waals surface area (Å²) in [6, 6.07) is 4.61. The van der Waals surface area contributed by atoms with Gasteiger partial charge >= 0.3 is 18.0 Å². The van der Waals surface area contributed by atoms with Crippen molar-refractivity contribution in [2.45, 2.75) is 0 Å². The number of carboxylic acid groups (broad SMARTS) is 1. The summed E-state index contributed by atoms with van der Waals surface area (Å²) in [7, 11) is -4.94. The molecule has 14 heavy (non-hydrogen) atoms.